The highest BCUT2D eigenvalue weighted by Crippen LogP contribution is 2.34. The molecule has 6 nitrogen and oxygen atoms in total. The summed E-state index contributed by atoms with van der Waals surface area (Å²) in [5, 5.41) is 21.3. The van der Waals surface area contributed by atoms with Crippen LogP contribution in [0.25, 0.3) is 0 Å². The van der Waals surface area contributed by atoms with Gasteiger partial charge in [-0.05, 0) is 25.7 Å². The first-order chi connectivity index (χ1) is 6.82. The van der Waals surface area contributed by atoms with Crippen molar-refractivity contribution in [2.45, 2.75) is 43.9 Å². The molecule has 1 fully saturated rings. The van der Waals surface area contributed by atoms with Crippen molar-refractivity contribution in [3.05, 3.63) is 0 Å². The van der Waals surface area contributed by atoms with E-state index in [0.717, 1.165) is 0 Å². The highest BCUT2D eigenvalue weighted by atomic mass is 16.4. The van der Waals surface area contributed by atoms with Gasteiger partial charge in [0.25, 0.3) is 0 Å². The third kappa shape index (κ3) is 1.95. The van der Waals surface area contributed by atoms with E-state index in [4.69, 9.17) is 10.8 Å². The van der Waals surface area contributed by atoms with Gasteiger partial charge in [-0.25, -0.2) is 4.79 Å². The zero-order chi connectivity index (χ0) is 11.7. The Kier molecular flexibility index (Phi) is 3.01. The number of rotatable bonds is 2. The minimum Gasteiger partial charge on any atom is -0.479 e. The fourth-order valence-electron chi connectivity index (χ4n) is 1.99. The minimum absolute atomic E-state index is 0.0547. The van der Waals surface area contributed by atoms with Crippen LogP contribution in [0.15, 0.2) is 0 Å². The molecule has 15 heavy (non-hydrogen) atoms. The number of aliphatic carboxylic acids is 1. The number of nitrogens with one attached hydrogen (secondary N) is 1. The van der Waals surface area contributed by atoms with Crippen LogP contribution >= 0.6 is 0 Å². The van der Waals surface area contributed by atoms with Gasteiger partial charge in [0, 0.05) is 6.92 Å². The average Bonchev–Trinajstić information content (AvgIpc) is 2.08. The van der Waals surface area contributed by atoms with Gasteiger partial charge in [0.15, 0.2) is 5.60 Å². The number of nitrogens with two attached hydrogens (primary N) is 1. The second-order valence-electron chi connectivity index (χ2n) is 4.03. The van der Waals surface area contributed by atoms with Crippen molar-refractivity contribution >= 4 is 11.9 Å². The van der Waals surface area contributed by atoms with Gasteiger partial charge in [0.05, 0.1) is 0 Å². The van der Waals surface area contributed by atoms with E-state index < -0.39 is 23.1 Å². The predicted molar refractivity (Wildman–Crippen MR) is 51.8 cm³/mol. The third-order valence-corrected chi connectivity index (χ3v) is 2.85. The molecule has 1 amide bonds. The van der Waals surface area contributed by atoms with Crippen molar-refractivity contribution in [1.29, 1.82) is 0 Å². The zero-order valence-corrected chi connectivity index (χ0v) is 8.62. The lowest BCUT2D eigenvalue weighted by Crippen LogP contribution is -2.74. The van der Waals surface area contributed by atoms with Crippen molar-refractivity contribution < 1.29 is 19.8 Å². The summed E-state index contributed by atoms with van der Waals surface area (Å²) in [6.07, 6.45) is 1.59. The van der Waals surface area contributed by atoms with Crippen molar-refractivity contribution in [3.8, 4) is 0 Å². The zero-order valence-electron chi connectivity index (χ0n) is 8.62. The molecule has 0 saturated heterocycles. The standard InChI is InChI=1S/C9H16N2O4/c1-6(12)11-9(10)5-3-2-4-8(9,15)7(13)14/h15H,2-5,10H2,1H3,(H,11,12)(H,13,14). The van der Waals surface area contributed by atoms with E-state index in [2.05, 4.69) is 5.32 Å². The summed E-state index contributed by atoms with van der Waals surface area (Å²) in [6, 6.07) is 0. The van der Waals surface area contributed by atoms with Crippen molar-refractivity contribution in [2.24, 2.45) is 5.73 Å². The Morgan fingerprint density at radius 2 is 1.87 bits per heavy atom. The number of carboxylic acid groups (broad SMARTS) is 1. The molecule has 0 bridgehead atoms. The molecule has 5 N–H and O–H groups in total. The summed E-state index contributed by atoms with van der Waals surface area (Å²) < 4.78 is 0. The minimum atomic E-state index is -2.07. The van der Waals surface area contributed by atoms with Gasteiger partial charge >= 0.3 is 5.97 Å². The Bertz CT molecular complexity index is 294. The highest BCUT2D eigenvalue weighted by Gasteiger charge is 2.55. The Balaban J connectivity index is 3.00. The number of hydrogen-bond donors (Lipinski definition) is 4. The van der Waals surface area contributed by atoms with Crippen LogP contribution in [-0.2, 0) is 9.59 Å². The molecule has 2 atom stereocenters. The summed E-state index contributed by atoms with van der Waals surface area (Å²) in [4.78, 5) is 21.9. The molecular weight excluding hydrogens is 200 g/mol. The third-order valence-electron chi connectivity index (χ3n) is 2.85. The molecule has 6 heteroatoms. The van der Waals surface area contributed by atoms with Crippen molar-refractivity contribution in [1.82, 2.24) is 5.32 Å². The molecule has 0 aromatic carbocycles. The van der Waals surface area contributed by atoms with Gasteiger partial charge in [0.2, 0.25) is 5.91 Å². The van der Waals surface area contributed by atoms with Crippen LogP contribution in [0.3, 0.4) is 0 Å². The number of carbonyl (C=O) groups excluding carboxylic acids is 1. The molecule has 86 valence electrons. The fourth-order valence-corrected chi connectivity index (χ4v) is 1.99. The normalized spacial score (nSPS) is 35.9. The quantitative estimate of drug-likeness (QED) is 0.450. The van der Waals surface area contributed by atoms with Crippen molar-refractivity contribution in [2.75, 3.05) is 0 Å². The lowest BCUT2D eigenvalue weighted by Gasteiger charge is -2.45. The van der Waals surface area contributed by atoms with E-state index in [1.165, 1.54) is 6.92 Å². The molecule has 1 aliphatic carbocycles. The van der Waals surface area contributed by atoms with Crippen LogP contribution in [0.2, 0.25) is 0 Å². The van der Waals surface area contributed by atoms with Crippen LogP contribution in [0.4, 0.5) is 0 Å². The lowest BCUT2D eigenvalue weighted by atomic mass is 9.75. The Morgan fingerprint density at radius 1 is 1.33 bits per heavy atom. The first-order valence-corrected chi connectivity index (χ1v) is 4.85. The molecule has 0 aromatic rings. The van der Waals surface area contributed by atoms with Gasteiger partial charge in [-0.2, -0.15) is 0 Å². The van der Waals surface area contributed by atoms with Gasteiger partial charge in [-0.3, -0.25) is 4.79 Å². The number of hydrogen-bond acceptors (Lipinski definition) is 4. The topological polar surface area (TPSA) is 113 Å². The summed E-state index contributed by atoms with van der Waals surface area (Å²) >= 11 is 0. The van der Waals surface area contributed by atoms with E-state index in [1.54, 1.807) is 0 Å². The largest absolute Gasteiger partial charge is 0.479 e. The Morgan fingerprint density at radius 3 is 2.33 bits per heavy atom. The summed E-state index contributed by atoms with van der Waals surface area (Å²) in [6.45, 7) is 1.24. The van der Waals surface area contributed by atoms with E-state index in [-0.39, 0.29) is 12.8 Å². The molecule has 0 aromatic heterocycles. The van der Waals surface area contributed by atoms with E-state index in [1.807, 2.05) is 0 Å². The SMILES string of the molecule is CC(=O)NC1(N)CCCCC1(O)C(=O)O. The fraction of sp³-hybridized carbons (Fsp3) is 0.778. The first kappa shape index (κ1) is 11.9. The van der Waals surface area contributed by atoms with Crippen LogP contribution in [0.5, 0.6) is 0 Å². The van der Waals surface area contributed by atoms with E-state index >= 15 is 0 Å². The number of aliphatic hydroxyl groups is 1. The van der Waals surface area contributed by atoms with Crippen LogP contribution < -0.4 is 11.1 Å². The molecular formula is C9H16N2O4. The number of carbonyl (C=O) groups is 2. The number of amides is 1. The van der Waals surface area contributed by atoms with Gasteiger partial charge in [0.1, 0.15) is 5.66 Å². The lowest BCUT2D eigenvalue weighted by molar-refractivity contribution is -0.175. The molecule has 0 aliphatic heterocycles. The molecule has 0 spiro atoms. The predicted octanol–water partition coefficient (Wildman–Crippen LogP) is -0.833. The smallest absolute Gasteiger partial charge is 0.339 e. The van der Waals surface area contributed by atoms with Crippen LogP contribution in [0.1, 0.15) is 32.6 Å². The molecule has 2 unspecified atom stereocenters. The highest BCUT2D eigenvalue weighted by molar-refractivity contribution is 5.82. The number of carboxylic acids is 1. The Hall–Kier alpha value is -1.14. The Labute approximate surface area is 87.5 Å². The van der Waals surface area contributed by atoms with Gasteiger partial charge < -0.3 is 21.3 Å². The molecule has 1 rings (SSSR count). The summed E-state index contributed by atoms with van der Waals surface area (Å²) in [5.74, 6) is -1.84. The first-order valence-electron chi connectivity index (χ1n) is 4.85. The second-order valence-corrected chi connectivity index (χ2v) is 4.03. The second kappa shape index (κ2) is 3.79. The van der Waals surface area contributed by atoms with Crippen LogP contribution in [0, 0.1) is 0 Å². The summed E-state index contributed by atoms with van der Waals surface area (Å²) in [5.41, 5.74) is 2.14. The molecule has 1 saturated carbocycles. The maximum atomic E-state index is 11.0. The average molecular weight is 216 g/mol. The van der Waals surface area contributed by atoms with E-state index in [9.17, 15) is 14.7 Å². The maximum absolute atomic E-state index is 11.0. The van der Waals surface area contributed by atoms with E-state index in [0.29, 0.717) is 12.8 Å². The van der Waals surface area contributed by atoms with Gasteiger partial charge in [-0.15, -0.1) is 0 Å². The monoisotopic (exact) mass is 216 g/mol. The molecule has 0 radical (unpaired) electrons. The molecule has 1 aliphatic rings. The van der Waals surface area contributed by atoms with Crippen LogP contribution in [-0.4, -0.2) is 33.4 Å². The molecule has 0 heterocycles. The van der Waals surface area contributed by atoms with Gasteiger partial charge in [-0.1, -0.05) is 0 Å². The maximum Gasteiger partial charge on any atom is 0.339 e. The van der Waals surface area contributed by atoms with Crippen molar-refractivity contribution in [3.63, 3.8) is 0 Å². The summed E-state index contributed by atoms with van der Waals surface area (Å²) in [7, 11) is 0.